The first-order valence-electron chi connectivity index (χ1n) is 13.3. The second-order valence-corrected chi connectivity index (χ2v) is 12.6. The number of alkyl carbamates (subject to hydrolysis) is 1. The van der Waals surface area contributed by atoms with Gasteiger partial charge >= 0.3 is 12.3 Å². The molecule has 1 amide bonds. The molecular formula is C30H30F3N3O5S. The van der Waals surface area contributed by atoms with Crippen LogP contribution in [0.2, 0.25) is 0 Å². The van der Waals surface area contributed by atoms with E-state index in [-0.39, 0.29) is 22.4 Å². The number of amides is 1. The Bertz CT molecular complexity index is 1720. The highest BCUT2D eigenvalue weighted by atomic mass is 32.2. The van der Waals surface area contributed by atoms with Crippen LogP contribution in [0.25, 0.3) is 33.6 Å². The van der Waals surface area contributed by atoms with Crippen molar-refractivity contribution in [2.75, 3.05) is 6.26 Å². The summed E-state index contributed by atoms with van der Waals surface area (Å²) >= 11 is 0. The minimum atomic E-state index is -4.74. The predicted octanol–water partition coefficient (Wildman–Crippen LogP) is 6.53. The molecule has 2 aromatic carbocycles. The molecule has 5 rings (SSSR count). The fourth-order valence-electron chi connectivity index (χ4n) is 5.14. The molecule has 1 aliphatic rings. The second-order valence-electron chi connectivity index (χ2n) is 11.3. The summed E-state index contributed by atoms with van der Waals surface area (Å²) in [6, 6.07) is 15.9. The van der Waals surface area contributed by atoms with Gasteiger partial charge in [0, 0.05) is 17.4 Å². The number of nitrogens with one attached hydrogen (secondary N) is 1. The van der Waals surface area contributed by atoms with Crippen LogP contribution >= 0.6 is 0 Å². The Morgan fingerprint density at radius 3 is 2.24 bits per heavy atom. The summed E-state index contributed by atoms with van der Waals surface area (Å²) in [5.41, 5.74) is -0.217. The first-order valence-corrected chi connectivity index (χ1v) is 14.9. The Balaban J connectivity index is 1.64. The predicted molar refractivity (Wildman–Crippen MR) is 152 cm³/mol. The molecule has 0 radical (unpaired) electrons. The Morgan fingerprint density at radius 1 is 1.07 bits per heavy atom. The van der Waals surface area contributed by atoms with Gasteiger partial charge in [-0.2, -0.15) is 18.2 Å². The molecule has 1 unspecified atom stereocenters. The summed E-state index contributed by atoms with van der Waals surface area (Å²) in [4.78, 5) is 30.3. The topological polar surface area (TPSA) is 103 Å². The van der Waals surface area contributed by atoms with E-state index in [4.69, 9.17) is 9.15 Å². The number of benzene rings is 2. The van der Waals surface area contributed by atoms with E-state index < -0.39 is 51.5 Å². The zero-order chi connectivity index (χ0) is 30.4. The Kier molecular flexibility index (Phi) is 7.55. The monoisotopic (exact) mass is 601 g/mol. The number of carbonyl (C=O) groups is 1. The lowest BCUT2D eigenvalue weighted by Crippen LogP contribution is -2.52. The Morgan fingerprint density at radius 2 is 1.71 bits per heavy atom. The van der Waals surface area contributed by atoms with E-state index in [2.05, 4.69) is 10.3 Å². The number of furan rings is 1. The Hall–Kier alpha value is -3.93. The van der Waals surface area contributed by atoms with E-state index in [0.717, 1.165) is 31.1 Å². The maximum Gasteiger partial charge on any atom is 0.408 e. The molecule has 12 heteroatoms. The van der Waals surface area contributed by atoms with Crippen LogP contribution in [0, 0.1) is 0 Å². The molecular weight excluding hydrogens is 571 g/mol. The fraction of sp³-hybridized carbons (Fsp3) is 0.367. The van der Waals surface area contributed by atoms with Crippen LogP contribution in [0.15, 0.2) is 69.0 Å². The average molecular weight is 602 g/mol. The van der Waals surface area contributed by atoms with Gasteiger partial charge in [0.1, 0.15) is 23.3 Å². The van der Waals surface area contributed by atoms with Crippen LogP contribution in [0.5, 0.6) is 0 Å². The minimum Gasteiger partial charge on any atom is -0.444 e. The second kappa shape index (κ2) is 10.7. The molecule has 42 heavy (non-hydrogen) atoms. The summed E-state index contributed by atoms with van der Waals surface area (Å²) < 4.78 is 64.6. The van der Waals surface area contributed by atoms with Gasteiger partial charge in [0.05, 0.1) is 16.3 Å². The number of hydrogen-bond acceptors (Lipinski definition) is 6. The number of halogens is 3. The molecule has 4 aromatic rings. The maximum absolute atomic E-state index is 13.6. The minimum absolute atomic E-state index is 0.138. The number of fused-ring (bicyclic) bond motifs is 1. The average Bonchev–Trinajstić information content (AvgIpc) is 3.26. The van der Waals surface area contributed by atoms with Gasteiger partial charge in [-0.15, -0.1) is 0 Å². The van der Waals surface area contributed by atoms with Crippen molar-refractivity contribution in [3.8, 4) is 22.5 Å². The number of aromatic nitrogens is 2. The van der Waals surface area contributed by atoms with Gasteiger partial charge in [-0.05, 0) is 51.2 Å². The molecule has 0 spiro atoms. The summed E-state index contributed by atoms with van der Waals surface area (Å²) in [6.07, 6.45) is -1.72. The van der Waals surface area contributed by atoms with E-state index in [1.165, 1.54) is 0 Å². The molecule has 8 nitrogen and oxygen atoms in total. The number of carbonyl (C=O) groups excluding carboxylic acids is 1. The van der Waals surface area contributed by atoms with Gasteiger partial charge in [0.2, 0.25) is 10.9 Å². The van der Waals surface area contributed by atoms with E-state index in [0.29, 0.717) is 15.7 Å². The first-order chi connectivity index (χ1) is 19.7. The molecule has 1 fully saturated rings. The van der Waals surface area contributed by atoms with Gasteiger partial charge in [0.25, 0.3) is 5.56 Å². The quantitative estimate of drug-likeness (QED) is 0.252. The third kappa shape index (κ3) is 5.85. The molecule has 0 bridgehead atoms. The molecule has 2 heterocycles. The molecule has 1 atom stereocenters. The van der Waals surface area contributed by atoms with Crippen molar-refractivity contribution in [2.45, 2.75) is 69.1 Å². The van der Waals surface area contributed by atoms with Gasteiger partial charge < -0.3 is 14.5 Å². The van der Waals surface area contributed by atoms with Crippen molar-refractivity contribution in [3.63, 3.8) is 0 Å². The summed E-state index contributed by atoms with van der Waals surface area (Å²) in [5, 5.41) is 2.34. The number of hydrogen-bond donors (Lipinski definition) is 1. The summed E-state index contributed by atoms with van der Waals surface area (Å²) in [5.74, 6) is 0.229. The van der Waals surface area contributed by atoms with Crippen LogP contribution in [-0.2, 0) is 27.6 Å². The van der Waals surface area contributed by atoms with E-state index in [1.807, 2.05) is 12.1 Å². The van der Waals surface area contributed by atoms with E-state index in [1.54, 1.807) is 63.2 Å². The van der Waals surface area contributed by atoms with Crippen molar-refractivity contribution in [1.29, 1.82) is 0 Å². The highest BCUT2D eigenvalue weighted by molar-refractivity contribution is 7.84. The number of rotatable bonds is 6. The molecule has 2 aromatic heterocycles. The number of nitrogens with zero attached hydrogens (tertiary/aromatic N) is 2. The standard InChI is InChI=1S/C30H30F3N3O5S/c1-28(2,3)41-27(38)35-29(15-8-16-29)20-13-11-19(12-14-20)23-21(18-9-6-5-7-10-18)22-24(40-23)34-26(42(4)39)36(25(22)37)17-30(31,32)33/h5-7,9-14H,8,15-17H2,1-4H3,(H,35,38). The maximum atomic E-state index is 13.6. The molecule has 1 saturated carbocycles. The van der Waals surface area contributed by atoms with E-state index in [9.17, 15) is 27.0 Å². The van der Waals surface area contributed by atoms with Gasteiger partial charge in [-0.3, -0.25) is 13.6 Å². The van der Waals surface area contributed by atoms with Gasteiger partial charge in [0.15, 0.2) is 0 Å². The number of ether oxygens (including phenoxy) is 1. The van der Waals surface area contributed by atoms with Crippen molar-refractivity contribution < 1.29 is 31.3 Å². The van der Waals surface area contributed by atoms with Crippen molar-refractivity contribution in [1.82, 2.24) is 14.9 Å². The van der Waals surface area contributed by atoms with Crippen molar-refractivity contribution in [2.24, 2.45) is 0 Å². The van der Waals surface area contributed by atoms with Crippen molar-refractivity contribution >= 4 is 28.0 Å². The largest absolute Gasteiger partial charge is 0.444 e. The van der Waals surface area contributed by atoms with Gasteiger partial charge in [-0.1, -0.05) is 54.6 Å². The number of alkyl halides is 3. The molecule has 1 aliphatic carbocycles. The SMILES string of the molecule is CS(=O)c1nc2oc(-c3ccc(C4(NC(=O)OC(C)(C)C)CCC4)cc3)c(-c3ccccc3)c2c(=O)n1CC(F)(F)F. The highest BCUT2D eigenvalue weighted by Crippen LogP contribution is 2.44. The van der Waals surface area contributed by atoms with Crippen LogP contribution in [0.3, 0.4) is 0 Å². The lowest BCUT2D eigenvalue weighted by atomic mass is 9.71. The summed E-state index contributed by atoms with van der Waals surface area (Å²) in [7, 11) is -2.00. The first kappa shape index (κ1) is 29.6. The van der Waals surface area contributed by atoms with Crippen LogP contribution < -0.4 is 10.9 Å². The third-order valence-corrected chi connectivity index (χ3v) is 7.91. The van der Waals surface area contributed by atoms with Crippen LogP contribution in [0.1, 0.15) is 45.6 Å². The zero-order valence-corrected chi connectivity index (χ0v) is 24.3. The highest BCUT2D eigenvalue weighted by Gasteiger charge is 2.41. The van der Waals surface area contributed by atoms with Crippen LogP contribution in [0.4, 0.5) is 18.0 Å². The molecule has 0 saturated heterocycles. The van der Waals surface area contributed by atoms with Crippen molar-refractivity contribution in [3.05, 3.63) is 70.5 Å². The molecule has 222 valence electrons. The lowest BCUT2D eigenvalue weighted by molar-refractivity contribution is -0.142. The smallest absolute Gasteiger partial charge is 0.408 e. The van der Waals surface area contributed by atoms with Gasteiger partial charge in [-0.25, -0.2) is 4.79 Å². The third-order valence-electron chi connectivity index (χ3n) is 7.08. The van der Waals surface area contributed by atoms with E-state index >= 15 is 0 Å². The Labute approximate surface area is 242 Å². The fourth-order valence-corrected chi connectivity index (χ4v) is 5.81. The summed E-state index contributed by atoms with van der Waals surface area (Å²) in [6.45, 7) is 3.74. The lowest BCUT2D eigenvalue weighted by Gasteiger charge is -2.43. The zero-order valence-electron chi connectivity index (χ0n) is 23.5. The molecule has 0 aliphatic heterocycles. The normalized spacial score (nSPS) is 15.7. The van der Waals surface area contributed by atoms with Crippen LogP contribution in [-0.4, -0.2) is 37.9 Å². The molecule has 1 N–H and O–H groups in total.